The van der Waals surface area contributed by atoms with Crippen molar-refractivity contribution in [1.29, 1.82) is 0 Å². The second-order valence-corrected chi connectivity index (χ2v) is 4.51. The minimum absolute atomic E-state index is 0.407. The van der Waals surface area contributed by atoms with Crippen LogP contribution in [0.15, 0.2) is 18.2 Å². The van der Waals surface area contributed by atoms with Crippen LogP contribution >= 0.6 is 0 Å². The molecule has 0 saturated heterocycles. The van der Waals surface area contributed by atoms with E-state index in [0.29, 0.717) is 11.3 Å². The number of nitrogens with zero attached hydrogens (tertiary/aromatic N) is 1. The average molecular weight is 233 g/mol. The quantitative estimate of drug-likeness (QED) is 0.783. The number of aryl methyl sites for hydroxylation is 1. The van der Waals surface area contributed by atoms with Gasteiger partial charge in [0, 0.05) is 0 Å². The van der Waals surface area contributed by atoms with E-state index in [9.17, 15) is 14.7 Å². The van der Waals surface area contributed by atoms with Gasteiger partial charge in [0.2, 0.25) is 0 Å². The summed E-state index contributed by atoms with van der Waals surface area (Å²) < 4.78 is 0. The van der Waals surface area contributed by atoms with Gasteiger partial charge in [0.1, 0.15) is 0 Å². The number of benzene rings is 1. The number of anilines is 1. The Morgan fingerprint density at radius 3 is 2.47 bits per heavy atom. The average Bonchev–Trinajstić information content (AvgIpc) is 2.51. The van der Waals surface area contributed by atoms with E-state index in [4.69, 9.17) is 0 Å². The van der Waals surface area contributed by atoms with Crippen LogP contribution in [-0.4, -0.2) is 28.9 Å². The van der Waals surface area contributed by atoms with E-state index in [2.05, 4.69) is 0 Å². The predicted octanol–water partition coefficient (Wildman–Crippen LogP) is 1.29. The summed E-state index contributed by atoms with van der Waals surface area (Å²) in [7, 11) is 0. The molecule has 4 heteroatoms. The summed E-state index contributed by atoms with van der Waals surface area (Å²) in [5.74, 6) is -1.05. The van der Waals surface area contributed by atoms with Crippen LogP contribution < -0.4 is 4.90 Å². The van der Waals surface area contributed by atoms with Gasteiger partial charge in [0.15, 0.2) is 0 Å². The fraction of sp³-hybridized carbons (Fsp3) is 0.385. The monoisotopic (exact) mass is 233 g/mol. The van der Waals surface area contributed by atoms with Crippen molar-refractivity contribution in [3.8, 4) is 0 Å². The maximum absolute atomic E-state index is 11.9. The van der Waals surface area contributed by atoms with Crippen LogP contribution in [0.4, 0.5) is 5.69 Å². The molecule has 0 aliphatic carbocycles. The van der Waals surface area contributed by atoms with E-state index in [0.717, 1.165) is 5.56 Å². The van der Waals surface area contributed by atoms with Gasteiger partial charge >= 0.3 is 0 Å². The van der Waals surface area contributed by atoms with Crippen LogP contribution in [0.1, 0.15) is 29.8 Å². The summed E-state index contributed by atoms with van der Waals surface area (Å²) in [5, 5.41) is 9.56. The van der Waals surface area contributed by atoms with Gasteiger partial charge in [0.25, 0.3) is 11.7 Å². The molecule has 1 N–H and O–H groups in total. The number of carbonyl (C=O) groups excluding carboxylic acids is 2. The highest BCUT2D eigenvalue weighted by molar-refractivity contribution is 6.52. The van der Waals surface area contributed by atoms with Crippen molar-refractivity contribution in [3.63, 3.8) is 0 Å². The zero-order chi connectivity index (χ0) is 12.7. The Kier molecular flexibility index (Phi) is 2.75. The lowest BCUT2D eigenvalue weighted by Crippen LogP contribution is -2.43. The van der Waals surface area contributed by atoms with Crippen molar-refractivity contribution in [2.45, 2.75) is 32.9 Å². The molecule has 1 heterocycles. The Hall–Kier alpha value is -1.68. The first-order valence-electron chi connectivity index (χ1n) is 5.60. The molecule has 0 bridgehead atoms. The molecule has 2 atom stereocenters. The number of aliphatic hydroxyl groups is 1. The molecule has 0 saturated carbocycles. The van der Waals surface area contributed by atoms with Gasteiger partial charge in [-0.15, -0.1) is 0 Å². The van der Waals surface area contributed by atoms with Gasteiger partial charge in [-0.25, -0.2) is 0 Å². The number of hydrogen-bond donors (Lipinski definition) is 1. The fourth-order valence-corrected chi connectivity index (χ4v) is 2.00. The van der Waals surface area contributed by atoms with Gasteiger partial charge in [-0.3, -0.25) is 14.5 Å². The Bertz CT molecular complexity index is 493. The molecule has 1 aromatic carbocycles. The minimum Gasteiger partial charge on any atom is -0.391 e. The lowest BCUT2D eigenvalue weighted by molar-refractivity contribution is -0.115. The normalized spacial score (nSPS) is 18.2. The molecule has 2 rings (SSSR count). The molecule has 1 aromatic rings. The molecular formula is C13H15NO3. The standard InChI is InChI=1S/C13H15NO3/c1-7-4-5-11-10(6-7)12(16)13(17)14(11)8(2)9(3)15/h4-6,8-9,15H,1-3H3. The SMILES string of the molecule is Cc1ccc2c(c1)C(=O)C(=O)N2C(C)C(C)O. The van der Waals surface area contributed by atoms with Crippen molar-refractivity contribution in [3.05, 3.63) is 29.3 Å². The fourth-order valence-electron chi connectivity index (χ4n) is 2.00. The van der Waals surface area contributed by atoms with Crippen LogP contribution in [0.3, 0.4) is 0 Å². The van der Waals surface area contributed by atoms with E-state index in [1.165, 1.54) is 4.90 Å². The van der Waals surface area contributed by atoms with Gasteiger partial charge < -0.3 is 5.11 Å². The van der Waals surface area contributed by atoms with Gasteiger partial charge in [0.05, 0.1) is 23.4 Å². The molecule has 1 aliphatic rings. The van der Waals surface area contributed by atoms with Crippen LogP contribution in [0.2, 0.25) is 0 Å². The zero-order valence-corrected chi connectivity index (χ0v) is 10.1. The van der Waals surface area contributed by atoms with Crippen LogP contribution in [0, 0.1) is 6.92 Å². The number of hydrogen-bond acceptors (Lipinski definition) is 3. The van der Waals surface area contributed by atoms with Crippen LogP contribution in [0.25, 0.3) is 0 Å². The number of amides is 1. The second kappa shape index (κ2) is 3.96. The molecule has 0 radical (unpaired) electrons. The lowest BCUT2D eigenvalue weighted by Gasteiger charge is -2.26. The molecule has 0 fully saturated rings. The molecule has 90 valence electrons. The molecule has 17 heavy (non-hydrogen) atoms. The van der Waals surface area contributed by atoms with Crippen molar-refractivity contribution >= 4 is 17.4 Å². The van der Waals surface area contributed by atoms with Crippen molar-refractivity contribution in [2.24, 2.45) is 0 Å². The molecule has 0 spiro atoms. The van der Waals surface area contributed by atoms with Crippen molar-refractivity contribution in [1.82, 2.24) is 0 Å². The van der Waals surface area contributed by atoms with Crippen molar-refractivity contribution in [2.75, 3.05) is 4.90 Å². The third-order valence-corrected chi connectivity index (χ3v) is 3.17. The first-order chi connectivity index (χ1) is 7.93. The highest BCUT2D eigenvalue weighted by Gasteiger charge is 2.39. The van der Waals surface area contributed by atoms with Crippen LogP contribution in [-0.2, 0) is 4.79 Å². The maximum atomic E-state index is 11.9. The zero-order valence-electron chi connectivity index (χ0n) is 10.1. The van der Waals surface area contributed by atoms with Crippen LogP contribution in [0.5, 0.6) is 0 Å². The molecule has 0 aromatic heterocycles. The first-order valence-corrected chi connectivity index (χ1v) is 5.60. The molecule has 1 aliphatic heterocycles. The van der Waals surface area contributed by atoms with E-state index < -0.39 is 23.8 Å². The summed E-state index contributed by atoms with van der Waals surface area (Å²) in [6.45, 7) is 5.21. The number of ketones is 1. The summed E-state index contributed by atoms with van der Waals surface area (Å²) >= 11 is 0. The highest BCUT2D eigenvalue weighted by Crippen LogP contribution is 2.31. The topological polar surface area (TPSA) is 57.6 Å². The lowest BCUT2D eigenvalue weighted by atomic mass is 10.1. The Balaban J connectivity index is 2.52. The molecule has 2 unspecified atom stereocenters. The Morgan fingerprint density at radius 1 is 1.24 bits per heavy atom. The highest BCUT2D eigenvalue weighted by atomic mass is 16.3. The number of aliphatic hydroxyl groups excluding tert-OH is 1. The first kappa shape index (κ1) is 11.8. The number of Topliss-reactive ketones (excluding diaryl/α,β-unsaturated/α-hetero) is 1. The Morgan fingerprint density at radius 2 is 1.88 bits per heavy atom. The van der Waals surface area contributed by atoms with E-state index in [-0.39, 0.29) is 0 Å². The minimum atomic E-state index is -0.681. The van der Waals surface area contributed by atoms with Gasteiger partial charge in [-0.2, -0.15) is 0 Å². The number of fused-ring (bicyclic) bond motifs is 1. The van der Waals surface area contributed by atoms with Crippen molar-refractivity contribution < 1.29 is 14.7 Å². The summed E-state index contributed by atoms with van der Waals surface area (Å²) in [6, 6.07) is 4.92. The number of carbonyl (C=O) groups is 2. The predicted molar refractivity (Wildman–Crippen MR) is 64.1 cm³/mol. The van der Waals surface area contributed by atoms with E-state index >= 15 is 0 Å². The third kappa shape index (κ3) is 1.74. The third-order valence-electron chi connectivity index (χ3n) is 3.17. The molecular weight excluding hydrogens is 218 g/mol. The largest absolute Gasteiger partial charge is 0.391 e. The van der Waals surface area contributed by atoms with E-state index in [1.807, 2.05) is 13.0 Å². The van der Waals surface area contributed by atoms with E-state index in [1.54, 1.807) is 26.0 Å². The number of rotatable bonds is 2. The molecule has 4 nitrogen and oxygen atoms in total. The smallest absolute Gasteiger partial charge is 0.299 e. The summed E-state index contributed by atoms with van der Waals surface area (Å²) in [4.78, 5) is 25.1. The summed E-state index contributed by atoms with van der Waals surface area (Å²) in [5.41, 5.74) is 1.97. The maximum Gasteiger partial charge on any atom is 0.299 e. The summed E-state index contributed by atoms with van der Waals surface area (Å²) in [6.07, 6.45) is -0.681. The van der Waals surface area contributed by atoms with Gasteiger partial charge in [-0.05, 0) is 32.9 Å². The second-order valence-electron chi connectivity index (χ2n) is 4.51. The molecule has 1 amide bonds. The van der Waals surface area contributed by atoms with Gasteiger partial charge in [-0.1, -0.05) is 11.6 Å². The Labute approximate surface area is 99.9 Å².